The number of anilines is 1. The Kier molecular flexibility index (Phi) is 4.97. The molecule has 1 saturated heterocycles. The van der Waals surface area contributed by atoms with Crippen molar-refractivity contribution in [2.24, 2.45) is 0 Å². The highest BCUT2D eigenvalue weighted by atomic mass is 79.9. The van der Waals surface area contributed by atoms with Crippen molar-refractivity contribution in [1.29, 1.82) is 0 Å². The Hall–Kier alpha value is -2.28. The molecule has 7 heteroatoms. The quantitative estimate of drug-likeness (QED) is 0.765. The van der Waals surface area contributed by atoms with E-state index in [9.17, 15) is 4.79 Å². The molecule has 1 amide bonds. The standard InChI is InChI=1S/C19H20BrN3O3/c20-15-3-5-18(21-12-15)22-7-9-23(10-8-22)19(24)6-2-14-1-4-16-17(11-14)26-13-25-16/h1,3-5,11-12H,2,6-10,13H2. The van der Waals surface area contributed by atoms with Crippen LogP contribution in [0.25, 0.3) is 0 Å². The van der Waals surface area contributed by atoms with Crippen molar-refractivity contribution in [3.05, 3.63) is 46.6 Å². The highest BCUT2D eigenvalue weighted by Gasteiger charge is 2.22. The first-order valence-electron chi connectivity index (χ1n) is 8.72. The first-order valence-corrected chi connectivity index (χ1v) is 9.51. The summed E-state index contributed by atoms with van der Waals surface area (Å²) in [6.07, 6.45) is 3.03. The summed E-state index contributed by atoms with van der Waals surface area (Å²) in [5, 5.41) is 0. The average Bonchev–Trinajstić information content (AvgIpc) is 3.15. The number of hydrogen-bond acceptors (Lipinski definition) is 5. The maximum Gasteiger partial charge on any atom is 0.231 e. The van der Waals surface area contributed by atoms with Crippen LogP contribution in [-0.2, 0) is 11.2 Å². The second kappa shape index (κ2) is 7.53. The van der Waals surface area contributed by atoms with Gasteiger partial charge in [0.1, 0.15) is 5.82 Å². The molecule has 1 fully saturated rings. The van der Waals surface area contributed by atoms with Gasteiger partial charge in [0.25, 0.3) is 0 Å². The Bertz CT molecular complexity index is 789. The minimum Gasteiger partial charge on any atom is -0.454 e. The number of hydrogen-bond donors (Lipinski definition) is 0. The third-order valence-corrected chi connectivity index (χ3v) is 5.20. The summed E-state index contributed by atoms with van der Waals surface area (Å²) in [5.41, 5.74) is 1.10. The van der Waals surface area contributed by atoms with Gasteiger partial charge < -0.3 is 19.3 Å². The lowest BCUT2D eigenvalue weighted by molar-refractivity contribution is -0.131. The van der Waals surface area contributed by atoms with Gasteiger partial charge >= 0.3 is 0 Å². The van der Waals surface area contributed by atoms with Crippen LogP contribution >= 0.6 is 15.9 Å². The van der Waals surface area contributed by atoms with Crippen molar-refractivity contribution in [3.63, 3.8) is 0 Å². The number of carbonyl (C=O) groups excluding carboxylic acids is 1. The number of rotatable bonds is 4. The minimum atomic E-state index is 0.200. The fourth-order valence-corrected chi connectivity index (χ4v) is 3.48. The Morgan fingerprint density at radius 2 is 1.88 bits per heavy atom. The van der Waals surface area contributed by atoms with E-state index in [4.69, 9.17) is 9.47 Å². The minimum absolute atomic E-state index is 0.200. The number of benzene rings is 1. The number of ether oxygens (including phenoxy) is 2. The number of halogens is 1. The molecule has 1 aromatic carbocycles. The van der Waals surface area contributed by atoms with Gasteiger partial charge in [0.2, 0.25) is 12.7 Å². The zero-order chi connectivity index (χ0) is 17.9. The molecule has 0 atom stereocenters. The molecule has 0 spiro atoms. The molecule has 2 aliphatic rings. The maximum atomic E-state index is 12.5. The summed E-state index contributed by atoms with van der Waals surface area (Å²) >= 11 is 3.40. The van der Waals surface area contributed by atoms with Gasteiger partial charge in [-0.05, 0) is 52.2 Å². The van der Waals surface area contributed by atoms with Crippen LogP contribution in [0.4, 0.5) is 5.82 Å². The van der Waals surface area contributed by atoms with Crippen molar-refractivity contribution in [2.45, 2.75) is 12.8 Å². The van der Waals surface area contributed by atoms with Gasteiger partial charge in [0.05, 0.1) is 0 Å². The molecule has 0 radical (unpaired) electrons. The summed E-state index contributed by atoms with van der Waals surface area (Å²) in [5.74, 6) is 2.70. The number of aromatic nitrogens is 1. The number of carbonyl (C=O) groups is 1. The normalized spacial score (nSPS) is 16.0. The van der Waals surface area contributed by atoms with Gasteiger partial charge in [-0.15, -0.1) is 0 Å². The van der Waals surface area contributed by atoms with Crippen LogP contribution in [0.3, 0.4) is 0 Å². The lowest BCUT2D eigenvalue weighted by Gasteiger charge is -2.35. The lowest BCUT2D eigenvalue weighted by Crippen LogP contribution is -2.49. The number of amides is 1. The van der Waals surface area contributed by atoms with Gasteiger partial charge in [-0.1, -0.05) is 6.07 Å². The molecule has 4 rings (SSSR count). The topological polar surface area (TPSA) is 54.9 Å². The van der Waals surface area contributed by atoms with E-state index >= 15 is 0 Å². The molecule has 26 heavy (non-hydrogen) atoms. The third kappa shape index (κ3) is 3.77. The molecule has 0 bridgehead atoms. The van der Waals surface area contributed by atoms with Crippen LogP contribution in [-0.4, -0.2) is 48.8 Å². The van der Waals surface area contributed by atoms with Gasteiger partial charge in [-0.3, -0.25) is 4.79 Å². The molecule has 0 aliphatic carbocycles. The van der Waals surface area contributed by atoms with Crippen LogP contribution in [0, 0.1) is 0 Å². The van der Waals surface area contributed by atoms with Gasteiger partial charge in [-0.2, -0.15) is 0 Å². The summed E-state index contributed by atoms with van der Waals surface area (Å²) in [6.45, 7) is 3.36. The van der Waals surface area contributed by atoms with Crippen LogP contribution in [0.5, 0.6) is 11.5 Å². The molecular weight excluding hydrogens is 398 g/mol. The van der Waals surface area contributed by atoms with Crippen molar-refractivity contribution in [3.8, 4) is 11.5 Å². The molecule has 0 saturated carbocycles. The molecule has 3 heterocycles. The number of pyridine rings is 1. The number of aryl methyl sites for hydroxylation is 1. The molecule has 1 aromatic heterocycles. The van der Waals surface area contributed by atoms with Gasteiger partial charge in [0.15, 0.2) is 11.5 Å². The molecule has 0 N–H and O–H groups in total. The fourth-order valence-electron chi connectivity index (χ4n) is 3.25. The largest absolute Gasteiger partial charge is 0.454 e. The Balaban J connectivity index is 1.27. The highest BCUT2D eigenvalue weighted by molar-refractivity contribution is 9.10. The van der Waals surface area contributed by atoms with Crippen molar-refractivity contribution >= 4 is 27.7 Å². The Morgan fingerprint density at radius 3 is 2.65 bits per heavy atom. The van der Waals surface area contributed by atoms with Crippen molar-refractivity contribution in [1.82, 2.24) is 9.88 Å². The molecule has 2 aromatic rings. The molecule has 2 aliphatic heterocycles. The van der Waals surface area contributed by atoms with Gasteiger partial charge in [0, 0.05) is 43.3 Å². The van der Waals surface area contributed by atoms with E-state index in [0.29, 0.717) is 12.8 Å². The molecule has 136 valence electrons. The van der Waals surface area contributed by atoms with Crippen LogP contribution in [0.15, 0.2) is 41.0 Å². The Labute approximate surface area is 160 Å². The smallest absolute Gasteiger partial charge is 0.231 e. The highest BCUT2D eigenvalue weighted by Crippen LogP contribution is 2.32. The molecule has 6 nitrogen and oxygen atoms in total. The van der Waals surface area contributed by atoms with Gasteiger partial charge in [-0.25, -0.2) is 4.98 Å². The monoisotopic (exact) mass is 417 g/mol. The zero-order valence-corrected chi connectivity index (χ0v) is 15.9. The van der Waals surface area contributed by atoms with E-state index in [1.807, 2.05) is 35.2 Å². The van der Waals surface area contributed by atoms with Crippen LogP contribution in [0.1, 0.15) is 12.0 Å². The number of piperazine rings is 1. The zero-order valence-electron chi connectivity index (χ0n) is 14.4. The number of nitrogens with zero attached hydrogens (tertiary/aromatic N) is 3. The van der Waals surface area contributed by atoms with E-state index in [2.05, 4.69) is 25.8 Å². The third-order valence-electron chi connectivity index (χ3n) is 4.73. The first-order chi connectivity index (χ1) is 12.7. The second-order valence-electron chi connectivity index (χ2n) is 6.39. The summed E-state index contributed by atoms with van der Waals surface area (Å²) in [7, 11) is 0. The lowest BCUT2D eigenvalue weighted by atomic mass is 10.1. The summed E-state index contributed by atoms with van der Waals surface area (Å²) in [4.78, 5) is 21.1. The van der Waals surface area contributed by atoms with Crippen molar-refractivity contribution in [2.75, 3.05) is 37.9 Å². The van der Waals surface area contributed by atoms with E-state index in [0.717, 1.165) is 53.5 Å². The molecular formula is C19H20BrN3O3. The summed E-state index contributed by atoms with van der Waals surface area (Å²) < 4.78 is 11.7. The first kappa shape index (κ1) is 17.1. The average molecular weight is 418 g/mol. The number of fused-ring (bicyclic) bond motifs is 1. The van der Waals surface area contributed by atoms with E-state index in [1.54, 1.807) is 6.20 Å². The van der Waals surface area contributed by atoms with E-state index < -0.39 is 0 Å². The van der Waals surface area contributed by atoms with E-state index in [-0.39, 0.29) is 12.7 Å². The fraction of sp³-hybridized carbons (Fsp3) is 0.368. The van der Waals surface area contributed by atoms with Crippen molar-refractivity contribution < 1.29 is 14.3 Å². The maximum absolute atomic E-state index is 12.5. The van der Waals surface area contributed by atoms with Crippen LogP contribution in [0.2, 0.25) is 0 Å². The summed E-state index contributed by atoms with van der Waals surface area (Å²) in [6, 6.07) is 9.86. The molecule has 0 unspecified atom stereocenters. The Morgan fingerprint density at radius 1 is 1.08 bits per heavy atom. The van der Waals surface area contributed by atoms with Crippen LogP contribution < -0.4 is 14.4 Å². The SMILES string of the molecule is O=C(CCc1ccc2c(c1)OCO2)N1CCN(c2ccc(Br)cn2)CC1. The second-order valence-corrected chi connectivity index (χ2v) is 7.31. The van der Waals surface area contributed by atoms with E-state index in [1.165, 1.54) is 0 Å². The predicted molar refractivity (Wildman–Crippen MR) is 102 cm³/mol. The predicted octanol–water partition coefficient (Wildman–Crippen LogP) is 2.85.